The maximum absolute atomic E-state index is 12.9. The SMILES string of the molecule is CC(=O)OCC(=O)[C@@]1(O)CC[C@@H]2[C@H]3CCC4=CC(=O)CC[C@]4(C)[C@H]3[C@@H](O)C[C@@]21C. The van der Waals surface area contributed by atoms with E-state index >= 15 is 0 Å². The topological polar surface area (TPSA) is 101 Å². The van der Waals surface area contributed by atoms with Crippen molar-refractivity contribution < 1.29 is 29.3 Å². The molecule has 2 N–H and O–H groups in total. The monoisotopic (exact) mass is 404 g/mol. The number of ether oxygens (including phenoxy) is 1. The molecule has 0 spiro atoms. The van der Waals surface area contributed by atoms with Crippen molar-refractivity contribution in [1.82, 2.24) is 0 Å². The molecule has 0 aromatic carbocycles. The molecule has 4 aliphatic carbocycles. The molecule has 4 aliphatic rings. The lowest BCUT2D eigenvalue weighted by Gasteiger charge is -2.60. The first kappa shape index (κ1) is 20.7. The predicted molar refractivity (Wildman–Crippen MR) is 105 cm³/mol. The Labute approximate surface area is 171 Å². The lowest BCUT2D eigenvalue weighted by molar-refractivity contribution is -0.184. The molecule has 3 saturated carbocycles. The largest absolute Gasteiger partial charge is 0.458 e. The summed E-state index contributed by atoms with van der Waals surface area (Å²) in [5.41, 5.74) is -1.36. The standard InChI is InChI=1S/C23H32O6/c1-13(24)29-12-19(27)23(28)9-7-17-16-5-4-14-10-15(25)6-8-21(14,2)20(16)18(26)11-22(17,23)3/h10,16-18,20,26,28H,4-9,11-12H2,1-3H3/t16-,17-,18+,20-,21+,22+,23+/m1/s1. The first-order valence-corrected chi connectivity index (χ1v) is 10.8. The van der Waals surface area contributed by atoms with E-state index in [1.807, 2.05) is 6.92 Å². The fourth-order valence-electron chi connectivity index (χ4n) is 7.44. The molecule has 0 amide bonds. The van der Waals surface area contributed by atoms with Gasteiger partial charge in [-0.25, -0.2) is 0 Å². The van der Waals surface area contributed by atoms with Gasteiger partial charge in [-0.2, -0.15) is 0 Å². The highest BCUT2D eigenvalue weighted by molar-refractivity contribution is 5.92. The van der Waals surface area contributed by atoms with Gasteiger partial charge in [-0.15, -0.1) is 0 Å². The number of ketones is 2. The molecule has 0 heterocycles. The maximum atomic E-state index is 12.9. The van der Waals surface area contributed by atoms with E-state index < -0.39 is 35.5 Å². The van der Waals surface area contributed by atoms with Crippen LogP contribution in [0, 0.1) is 28.6 Å². The molecular formula is C23H32O6. The normalized spacial score (nSPS) is 46.2. The number of hydrogen-bond acceptors (Lipinski definition) is 6. The lowest BCUT2D eigenvalue weighted by atomic mass is 9.45. The van der Waals surface area contributed by atoms with Gasteiger partial charge in [-0.1, -0.05) is 19.4 Å². The second kappa shape index (κ2) is 6.74. The number of fused-ring (bicyclic) bond motifs is 5. The van der Waals surface area contributed by atoms with Crippen molar-refractivity contribution in [2.24, 2.45) is 28.6 Å². The van der Waals surface area contributed by atoms with E-state index in [1.165, 1.54) is 6.92 Å². The van der Waals surface area contributed by atoms with Gasteiger partial charge >= 0.3 is 5.97 Å². The average molecular weight is 405 g/mol. The van der Waals surface area contributed by atoms with Gasteiger partial charge in [0.15, 0.2) is 12.4 Å². The fraction of sp³-hybridized carbons (Fsp3) is 0.783. The van der Waals surface area contributed by atoms with Gasteiger partial charge < -0.3 is 14.9 Å². The number of aliphatic hydroxyl groups excluding tert-OH is 1. The smallest absolute Gasteiger partial charge is 0.303 e. The van der Waals surface area contributed by atoms with Crippen molar-refractivity contribution >= 4 is 17.5 Å². The Morgan fingerprint density at radius 2 is 1.93 bits per heavy atom. The molecule has 6 heteroatoms. The molecule has 0 aromatic rings. The van der Waals surface area contributed by atoms with Crippen molar-refractivity contribution in [3.05, 3.63) is 11.6 Å². The molecule has 4 rings (SSSR count). The van der Waals surface area contributed by atoms with Gasteiger partial charge in [0.25, 0.3) is 0 Å². The van der Waals surface area contributed by atoms with Crippen LogP contribution < -0.4 is 0 Å². The van der Waals surface area contributed by atoms with E-state index in [4.69, 9.17) is 4.74 Å². The number of allylic oxidation sites excluding steroid dienone is 1. The second-order valence-electron chi connectivity index (χ2n) is 10.2. The van der Waals surface area contributed by atoms with Crippen molar-refractivity contribution in [1.29, 1.82) is 0 Å². The number of carbonyl (C=O) groups is 3. The van der Waals surface area contributed by atoms with Crippen LogP contribution in [-0.4, -0.2) is 46.1 Å². The number of hydrogen-bond donors (Lipinski definition) is 2. The van der Waals surface area contributed by atoms with Crippen LogP contribution in [0.3, 0.4) is 0 Å². The molecule has 0 unspecified atom stereocenters. The highest BCUT2D eigenvalue weighted by Gasteiger charge is 2.68. The van der Waals surface area contributed by atoms with Crippen LogP contribution >= 0.6 is 0 Å². The number of esters is 1. The van der Waals surface area contributed by atoms with Crippen molar-refractivity contribution in [2.75, 3.05) is 6.61 Å². The molecule has 6 nitrogen and oxygen atoms in total. The van der Waals surface area contributed by atoms with Crippen LogP contribution in [0.25, 0.3) is 0 Å². The highest BCUT2D eigenvalue weighted by atomic mass is 16.5. The van der Waals surface area contributed by atoms with Crippen molar-refractivity contribution in [3.8, 4) is 0 Å². The predicted octanol–water partition coefficient (Wildman–Crippen LogP) is 2.35. The molecule has 0 radical (unpaired) electrons. The minimum Gasteiger partial charge on any atom is -0.458 e. The summed E-state index contributed by atoms with van der Waals surface area (Å²) >= 11 is 0. The van der Waals surface area contributed by atoms with E-state index in [0.29, 0.717) is 19.3 Å². The maximum Gasteiger partial charge on any atom is 0.303 e. The Morgan fingerprint density at radius 1 is 1.21 bits per heavy atom. The minimum absolute atomic E-state index is 0.0413. The third-order valence-electron chi connectivity index (χ3n) is 8.92. The number of aliphatic hydroxyl groups is 2. The van der Waals surface area contributed by atoms with E-state index in [9.17, 15) is 24.6 Å². The van der Waals surface area contributed by atoms with Gasteiger partial charge in [0.1, 0.15) is 5.60 Å². The Hall–Kier alpha value is -1.53. The Kier molecular flexibility index (Phi) is 4.82. The molecule has 7 atom stereocenters. The summed E-state index contributed by atoms with van der Waals surface area (Å²) in [5.74, 6) is -0.462. The Morgan fingerprint density at radius 3 is 2.62 bits per heavy atom. The lowest BCUT2D eigenvalue weighted by Crippen LogP contribution is -2.62. The summed E-state index contributed by atoms with van der Waals surface area (Å²) in [4.78, 5) is 36.0. The van der Waals surface area contributed by atoms with Gasteiger partial charge in [-0.05, 0) is 67.8 Å². The van der Waals surface area contributed by atoms with Crippen molar-refractivity contribution in [2.45, 2.75) is 77.4 Å². The van der Waals surface area contributed by atoms with Crippen LogP contribution in [0.1, 0.15) is 65.7 Å². The van der Waals surface area contributed by atoms with E-state index in [0.717, 1.165) is 31.3 Å². The average Bonchev–Trinajstić information content (AvgIpc) is 2.91. The van der Waals surface area contributed by atoms with Gasteiger partial charge in [0.05, 0.1) is 6.10 Å². The van der Waals surface area contributed by atoms with Crippen LogP contribution in [0.4, 0.5) is 0 Å². The van der Waals surface area contributed by atoms with Crippen LogP contribution in [-0.2, 0) is 19.1 Å². The molecule has 0 saturated heterocycles. The molecule has 0 aliphatic heterocycles. The zero-order valence-corrected chi connectivity index (χ0v) is 17.6. The number of carbonyl (C=O) groups excluding carboxylic acids is 3. The second-order valence-corrected chi connectivity index (χ2v) is 10.2. The van der Waals surface area contributed by atoms with Crippen LogP contribution in [0.5, 0.6) is 0 Å². The summed E-state index contributed by atoms with van der Waals surface area (Å²) in [6.07, 6.45) is 5.54. The van der Waals surface area contributed by atoms with Crippen LogP contribution in [0.15, 0.2) is 11.6 Å². The van der Waals surface area contributed by atoms with E-state index in [-0.39, 0.29) is 29.0 Å². The summed E-state index contributed by atoms with van der Waals surface area (Å²) < 4.78 is 4.89. The van der Waals surface area contributed by atoms with Gasteiger partial charge in [-0.3, -0.25) is 14.4 Å². The Balaban J connectivity index is 1.65. The highest BCUT2D eigenvalue weighted by Crippen LogP contribution is 2.67. The quantitative estimate of drug-likeness (QED) is 0.701. The number of Topliss-reactive ketones (excluding diaryl/α,β-unsaturated/α-hetero) is 1. The summed E-state index contributed by atoms with van der Waals surface area (Å²) in [6.45, 7) is 4.92. The molecule has 3 fully saturated rings. The van der Waals surface area contributed by atoms with Gasteiger partial charge in [0, 0.05) is 18.8 Å². The fourth-order valence-corrected chi connectivity index (χ4v) is 7.44. The van der Waals surface area contributed by atoms with E-state index in [1.54, 1.807) is 6.08 Å². The summed E-state index contributed by atoms with van der Waals surface area (Å²) in [7, 11) is 0. The molecular weight excluding hydrogens is 372 g/mol. The molecule has 29 heavy (non-hydrogen) atoms. The number of rotatable bonds is 3. The third kappa shape index (κ3) is 2.86. The first-order valence-electron chi connectivity index (χ1n) is 10.8. The molecule has 0 aromatic heterocycles. The summed E-state index contributed by atoms with van der Waals surface area (Å²) in [5, 5.41) is 22.8. The molecule has 160 valence electrons. The first-order chi connectivity index (χ1) is 13.5. The van der Waals surface area contributed by atoms with Crippen LogP contribution in [0.2, 0.25) is 0 Å². The molecule has 0 bridgehead atoms. The van der Waals surface area contributed by atoms with Crippen molar-refractivity contribution in [3.63, 3.8) is 0 Å². The Bertz CT molecular complexity index is 786. The van der Waals surface area contributed by atoms with E-state index in [2.05, 4.69) is 6.92 Å². The minimum atomic E-state index is -1.58. The third-order valence-corrected chi connectivity index (χ3v) is 8.92. The zero-order valence-electron chi connectivity index (χ0n) is 17.6. The summed E-state index contributed by atoms with van der Waals surface area (Å²) in [6, 6.07) is 0. The zero-order chi connectivity index (χ0) is 21.2. The van der Waals surface area contributed by atoms with Gasteiger partial charge in [0.2, 0.25) is 5.78 Å².